The summed E-state index contributed by atoms with van der Waals surface area (Å²) in [6.07, 6.45) is 0. The molecule has 0 aliphatic carbocycles. The van der Waals surface area contributed by atoms with Gasteiger partial charge in [-0.05, 0) is 30.3 Å². The lowest BCUT2D eigenvalue weighted by atomic mass is 10.3. The fourth-order valence-corrected chi connectivity index (χ4v) is 5.03. The molecule has 1 heterocycles. The van der Waals surface area contributed by atoms with Crippen molar-refractivity contribution in [3.63, 3.8) is 0 Å². The molecule has 3 aromatic rings. The van der Waals surface area contributed by atoms with Gasteiger partial charge >= 0.3 is 0 Å². The molecule has 0 aliphatic rings. The van der Waals surface area contributed by atoms with Crippen molar-refractivity contribution in [3.05, 3.63) is 58.0 Å². The van der Waals surface area contributed by atoms with Crippen LogP contribution in [0.3, 0.4) is 0 Å². The van der Waals surface area contributed by atoms with Crippen molar-refractivity contribution in [3.8, 4) is 0 Å². The van der Waals surface area contributed by atoms with E-state index in [0.717, 1.165) is 14.7 Å². The van der Waals surface area contributed by atoms with Gasteiger partial charge in [-0.15, -0.1) is 11.3 Å². The molecule has 3 rings (SSSR count). The largest absolute Gasteiger partial charge is 0.240 e. The molecule has 0 N–H and O–H groups in total. The van der Waals surface area contributed by atoms with E-state index in [4.69, 9.17) is 0 Å². The molecule has 0 amide bonds. The van der Waals surface area contributed by atoms with E-state index >= 15 is 0 Å². The van der Waals surface area contributed by atoms with E-state index in [1.54, 1.807) is 30.3 Å². The number of rotatable bonds is 3. The first-order valence-corrected chi connectivity index (χ1v) is 9.13. The third-order valence-electron chi connectivity index (χ3n) is 2.81. The highest BCUT2D eigenvalue weighted by atomic mass is 79.9. The molecule has 0 bridgehead atoms. The van der Waals surface area contributed by atoms with Crippen LogP contribution in [0.25, 0.3) is 10.2 Å². The third-order valence-corrected chi connectivity index (χ3v) is 6.15. The summed E-state index contributed by atoms with van der Waals surface area (Å²) in [4.78, 5) is 4.72. The highest BCUT2D eigenvalue weighted by Crippen LogP contribution is 2.27. The molecule has 0 unspecified atom stereocenters. The SMILES string of the molecule is O=S(=O)(Cc1nc2ccc(Br)cc2s1)c1ccccc1. The van der Waals surface area contributed by atoms with Gasteiger partial charge in [0.15, 0.2) is 9.84 Å². The van der Waals surface area contributed by atoms with Gasteiger partial charge in [-0.25, -0.2) is 13.4 Å². The van der Waals surface area contributed by atoms with Crippen molar-refractivity contribution in [1.82, 2.24) is 4.98 Å². The van der Waals surface area contributed by atoms with Crippen LogP contribution in [0, 0.1) is 0 Å². The molecule has 6 heteroatoms. The lowest BCUT2D eigenvalue weighted by Crippen LogP contribution is -2.04. The summed E-state index contributed by atoms with van der Waals surface area (Å²) in [7, 11) is -3.33. The minimum absolute atomic E-state index is 0.0615. The summed E-state index contributed by atoms with van der Waals surface area (Å²) >= 11 is 4.81. The van der Waals surface area contributed by atoms with Crippen LogP contribution in [0.4, 0.5) is 0 Å². The van der Waals surface area contributed by atoms with Crippen LogP contribution in [0.15, 0.2) is 57.9 Å². The van der Waals surface area contributed by atoms with Gasteiger partial charge in [-0.3, -0.25) is 0 Å². The van der Waals surface area contributed by atoms with Crippen LogP contribution in [-0.4, -0.2) is 13.4 Å². The lowest BCUT2D eigenvalue weighted by Gasteiger charge is -2.01. The van der Waals surface area contributed by atoms with Crippen molar-refractivity contribution in [2.45, 2.75) is 10.6 Å². The standard InChI is InChI=1S/C14H10BrNO2S2/c15-10-6-7-12-13(8-10)19-14(16-12)9-20(17,18)11-4-2-1-3-5-11/h1-8H,9H2. The van der Waals surface area contributed by atoms with Crippen LogP contribution >= 0.6 is 27.3 Å². The fourth-order valence-electron chi connectivity index (χ4n) is 1.88. The first kappa shape index (κ1) is 13.7. The summed E-state index contributed by atoms with van der Waals surface area (Å²) in [6, 6.07) is 14.2. The molecule has 0 saturated carbocycles. The Labute approximate surface area is 129 Å². The van der Waals surface area contributed by atoms with Crippen LogP contribution in [0.5, 0.6) is 0 Å². The number of sulfone groups is 1. The van der Waals surface area contributed by atoms with Crippen molar-refractivity contribution >= 4 is 47.3 Å². The molecule has 0 fully saturated rings. The summed E-state index contributed by atoms with van der Waals surface area (Å²) in [5, 5.41) is 0.613. The zero-order valence-electron chi connectivity index (χ0n) is 10.3. The number of nitrogens with zero attached hydrogens (tertiary/aromatic N) is 1. The Bertz CT molecular complexity index is 857. The molecule has 102 valence electrons. The van der Waals surface area contributed by atoms with Gasteiger partial charge in [0, 0.05) is 4.47 Å². The van der Waals surface area contributed by atoms with Crippen molar-refractivity contribution in [2.24, 2.45) is 0 Å². The lowest BCUT2D eigenvalue weighted by molar-refractivity contribution is 0.595. The van der Waals surface area contributed by atoms with Crippen LogP contribution < -0.4 is 0 Å². The quantitative estimate of drug-likeness (QED) is 0.701. The number of thiazole rings is 1. The second-order valence-corrected chi connectivity index (χ2v) is 8.31. The Balaban J connectivity index is 1.97. The predicted octanol–water partition coefficient (Wildman–Crippen LogP) is 4.03. The second kappa shape index (κ2) is 5.27. The summed E-state index contributed by atoms with van der Waals surface area (Å²) in [6.45, 7) is 0. The maximum atomic E-state index is 12.3. The van der Waals surface area contributed by atoms with E-state index < -0.39 is 9.84 Å². The van der Waals surface area contributed by atoms with Gasteiger partial charge in [-0.2, -0.15) is 0 Å². The molecule has 0 atom stereocenters. The molecule has 0 spiro atoms. The molecular weight excluding hydrogens is 358 g/mol. The van der Waals surface area contributed by atoms with Crippen molar-refractivity contribution in [2.75, 3.05) is 0 Å². The minimum Gasteiger partial charge on any atom is -0.240 e. The average Bonchev–Trinajstić information content (AvgIpc) is 2.80. The Morgan fingerprint density at radius 2 is 1.85 bits per heavy atom. The minimum atomic E-state index is -3.33. The van der Waals surface area contributed by atoms with Gasteiger partial charge in [0.05, 0.1) is 15.1 Å². The second-order valence-electron chi connectivity index (χ2n) is 4.29. The Kier molecular flexibility index (Phi) is 3.62. The number of aromatic nitrogens is 1. The predicted molar refractivity (Wildman–Crippen MR) is 84.7 cm³/mol. The maximum Gasteiger partial charge on any atom is 0.184 e. The molecule has 3 nitrogen and oxygen atoms in total. The molecule has 20 heavy (non-hydrogen) atoms. The number of benzene rings is 2. The zero-order chi connectivity index (χ0) is 14.2. The first-order chi connectivity index (χ1) is 9.54. The number of fused-ring (bicyclic) bond motifs is 1. The topological polar surface area (TPSA) is 47.0 Å². The first-order valence-electron chi connectivity index (χ1n) is 5.87. The monoisotopic (exact) mass is 367 g/mol. The summed E-state index contributed by atoms with van der Waals surface area (Å²) < 4.78 is 26.6. The summed E-state index contributed by atoms with van der Waals surface area (Å²) in [5.41, 5.74) is 0.830. The van der Waals surface area contributed by atoms with E-state index in [1.165, 1.54) is 11.3 Å². The van der Waals surface area contributed by atoms with Crippen LogP contribution in [0.2, 0.25) is 0 Å². The maximum absolute atomic E-state index is 12.3. The van der Waals surface area contributed by atoms with Crippen LogP contribution in [0.1, 0.15) is 5.01 Å². The van der Waals surface area contributed by atoms with E-state index in [-0.39, 0.29) is 5.75 Å². The van der Waals surface area contributed by atoms with E-state index in [2.05, 4.69) is 20.9 Å². The van der Waals surface area contributed by atoms with Gasteiger partial charge in [0.2, 0.25) is 0 Å². The smallest absolute Gasteiger partial charge is 0.184 e. The van der Waals surface area contributed by atoms with E-state index in [1.807, 2.05) is 18.2 Å². The summed E-state index contributed by atoms with van der Waals surface area (Å²) in [5.74, 6) is -0.0615. The Morgan fingerprint density at radius 1 is 1.10 bits per heavy atom. The van der Waals surface area contributed by atoms with Crippen LogP contribution in [-0.2, 0) is 15.6 Å². The fraction of sp³-hybridized carbons (Fsp3) is 0.0714. The van der Waals surface area contributed by atoms with Gasteiger partial charge < -0.3 is 0 Å². The highest BCUT2D eigenvalue weighted by Gasteiger charge is 2.17. The molecular formula is C14H10BrNO2S2. The normalized spacial score (nSPS) is 11.8. The highest BCUT2D eigenvalue weighted by molar-refractivity contribution is 9.10. The Morgan fingerprint density at radius 3 is 2.60 bits per heavy atom. The molecule has 1 aromatic heterocycles. The van der Waals surface area contributed by atoms with E-state index in [0.29, 0.717) is 9.90 Å². The van der Waals surface area contributed by atoms with Crippen molar-refractivity contribution < 1.29 is 8.42 Å². The molecule has 0 aliphatic heterocycles. The number of halogens is 1. The molecule has 0 saturated heterocycles. The number of hydrogen-bond acceptors (Lipinski definition) is 4. The average molecular weight is 368 g/mol. The third kappa shape index (κ3) is 2.77. The van der Waals surface area contributed by atoms with E-state index in [9.17, 15) is 8.42 Å². The van der Waals surface area contributed by atoms with Gasteiger partial charge in [-0.1, -0.05) is 34.1 Å². The Hall–Kier alpha value is -1.24. The van der Waals surface area contributed by atoms with Gasteiger partial charge in [0.25, 0.3) is 0 Å². The van der Waals surface area contributed by atoms with Crippen molar-refractivity contribution in [1.29, 1.82) is 0 Å². The molecule has 0 radical (unpaired) electrons. The van der Waals surface area contributed by atoms with Gasteiger partial charge in [0.1, 0.15) is 10.8 Å². The number of hydrogen-bond donors (Lipinski definition) is 0. The zero-order valence-corrected chi connectivity index (χ0v) is 13.5. The molecule has 2 aromatic carbocycles.